The monoisotopic (exact) mass is 425 g/mol. The van der Waals surface area contributed by atoms with Crippen LogP contribution in [-0.2, 0) is 19.1 Å². The Morgan fingerprint density at radius 2 is 1.61 bits per heavy atom. The lowest BCUT2D eigenvalue weighted by Crippen LogP contribution is -2.37. The molecule has 2 aromatic carbocycles. The van der Waals surface area contributed by atoms with Gasteiger partial charge in [-0.15, -0.1) is 0 Å². The Hall–Kier alpha value is -2.86. The molecule has 1 unspecified atom stereocenters. The third kappa shape index (κ3) is 5.64. The summed E-state index contributed by atoms with van der Waals surface area (Å²) < 4.78 is 16.6. The van der Waals surface area contributed by atoms with Crippen LogP contribution in [0.5, 0.6) is 5.75 Å². The molecule has 0 bridgehead atoms. The highest BCUT2D eigenvalue weighted by Gasteiger charge is 2.34. The normalized spacial score (nSPS) is 16.9. The highest BCUT2D eigenvalue weighted by Crippen LogP contribution is 2.33. The van der Waals surface area contributed by atoms with Crippen LogP contribution in [0, 0.1) is 0 Å². The van der Waals surface area contributed by atoms with Crippen molar-refractivity contribution in [2.24, 2.45) is 0 Å². The summed E-state index contributed by atoms with van der Waals surface area (Å²) in [6.45, 7) is 2.30. The van der Waals surface area contributed by atoms with Gasteiger partial charge in [0.25, 0.3) is 0 Å². The minimum Gasteiger partial charge on any atom is -0.491 e. The number of rotatable bonds is 9. The van der Waals surface area contributed by atoms with Crippen molar-refractivity contribution in [3.05, 3.63) is 65.7 Å². The van der Waals surface area contributed by atoms with E-state index in [0.717, 1.165) is 31.2 Å². The van der Waals surface area contributed by atoms with E-state index < -0.39 is 17.9 Å². The van der Waals surface area contributed by atoms with E-state index in [-0.39, 0.29) is 11.5 Å². The molecule has 2 atom stereocenters. The summed E-state index contributed by atoms with van der Waals surface area (Å²) in [6, 6.07) is 15.7. The van der Waals surface area contributed by atoms with Crippen LogP contribution in [-0.4, -0.2) is 38.3 Å². The quantitative estimate of drug-likeness (QED) is 0.611. The maximum atomic E-state index is 12.8. The van der Waals surface area contributed by atoms with Gasteiger partial charge in [0.1, 0.15) is 18.0 Å². The van der Waals surface area contributed by atoms with Gasteiger partial charge in [-0.05, 0) is 43.0 Å². The summed E-state index contributed by atoms with van der Waals surface area (Å²) in [5.74, 6) is -0.468. The van der Waals surface area contributed by atoms with Crippen LogP contribution in [0.2, 0.25) is 0 Å². The molecule has 0 spiro atoms. The van der Waals surface area contributed by atoms with E-state index in [0.29, 0.717) is 17.9 Å². The van der Waals surface area contributed by atoms with Gasteiger partial charge >= 0.3 is 5.97 Å². The molecule has 1 amide bonds. The number of carbonyl (C=O) groups excluding carboxylic acids is 2. The van der Waals surface area contributed by atoms with Crippen molar-refractivity contribution < 1.29 is 23.8 Å². The number of hydrogen-bond acceptors (Lipinski definition) is 5. The van der Waals surface area contributed by atoms with Crippen molar-refractivity contribution in [3.8, 4) is 5.75 Å². The fourth-order valence-corrected chi connectivity index (χ4v) is 3.95. The molecule has 0 saturated heterocycles. The predicted octanol–water partition coefficient (Wildman–Crippen LogP) is 4.16. The van der Waals surface area contributed by atoms with Gasteiger partial charge in [0.05, 0.1) is 13.0 Å². The zero-order valence-electron chi connectivity index (χ0n) is 18.4. The molecule has 31 heavy (non-hydrogen) atoms. The van der Waals surface area contributed by atoms with E-state index in [2.05, 4.69) is 5.32 Å². The number of amides is 1. The van der Waals surface area contributed by atoms with E-state index in [1.54, 1.807) is 31.4 Å². The first-order chi connectivity index (χ1) is 15.0. The Kier molecular flexibility index (Phi) is 7.69. The standard InChI is InChI=1S/C25H31NO5/c1-18(19-9-5-4-6-10-19)23(27)26-22(24(28)29-2)20-11-13-21(14-12-20)31-17-25(30-3)15-7-8-16-25/h4-6,9-14,18,22H,7-8,15-17H2,1-3H3,(H,26,27)/t18-,22?/m0/s1. The lowest BCUT2D eigenvalue weighted by Gasteiger charge is -2.27. The summed E-state index contributed by atoms with van der Waals surface area (Å²) >= 11 is 0. The van der Waals surface area contributed by atoms with Gasteiger partial charge in [-0.25, -0.2) is 4.79 Å². The lowest BCUT2D eigenvalue weighted by molar-refractivity contribution is -0.145. The van der Waals surface area contributed by atoms with Gasteiger partial charge in [0.2, 0.25) is 5.91 Å². The molecule has 0 radical (unpaired) electrons. The Balaban J connectivity index is 1.68. The van der Waals surface area contributed by atoms with Crippen molar-refractivity contribution in [3.63, 3.8) is 0 Å². The summed E-state index contributed by atoms with van der Waals surface area (Å²) in [5.41, 5.74) is 1.30. The number of nitrogens with one attached hydrogen (secondary N) is 1. The van der Waals surface area contributed by atoms with Crippen molar-refractivity contribution in [1.29, 1.82) is 0 Å². The maximum absolute atomic E-state index is 12.8. The smallest absolute Gasteiger partial charge is 0.333 e. The number of hydrogen-bond donors (Lipinski definition) is 1. The molecular formula is C25H31NO5. The average molecular weight is 426 g/mol. The summed E-state index contributed by atoms with van der Waals surface area (Å²) in [6.07, 6.45) is 4.30. The van der Waals surface area contributed by atoms with Gasteiger partial charge in [0, 0.05) is 7.11 Å². The third-order valence-electron chi connectivity index (χ3n) is 6.08. The molecule has 1 saturated carbocycles. The zero-order valence-corrected chi connectivity index (χ0v) is 18.4. The first kappa shape index (κ1) is 22.8. The fraction of sp³-hybridized carbons (Fsp3) is 0.440. The van der Waals surface area contributed by atoms with Crippen molar-refractivity contribution in [2.45, 2.75) is 50.2 Å². The number of ether oxygens (including phenoxy) is 3. The highest BCUT2D eigenvalue weighted by molar-refractivity contribution is 5.89. The zero-order chi connectivity index (χ0) is 22.3. The predicted molar refractivity (Wildman–Crippen MR) is 118 cm³/mol. The van der Waals surface area contributed by atoms with Crippen LogP contribution < -0.4 is 10.1 Å². The molecule has 0 aromatic heterocycles. The average Bonchev–Trinajstić information content (AvgIpc) is 3.30. The number of benzene rings is 2. The second-order valence-electron chi connectivity index (χ2n) is 8.05. The van der Waals surface area contributed by atoms with Crippen LogP contribution in [0.25, 0.3) is 0 Å². The topological polar surface area (TPSA) is 73.9 Å². The van der Waals surface area contributed by atoms with Crippen molar-refractivity contribution >= 4 is 11.9 Å². The largest absolute Gasteiger partial charge is 0.491 e. The van der Waals surface area contributed by atoms with Crippen LogP contribution >= 0.6 is 0 Å². The molecule has 1 N–H and O–H groups in total. The maximum Gasteiger partial charge on any atom is 0.333 e. The van der Waals surface area contributed by atoms with Gasteiger partial charge in [-0.3, -0.25) is 4.79 Å². The number of methoxy groups -OCH3 is 2. The Morgan fingerprint density at radius 1 is 0.968 bits per heavy atom. The SMILES string of the molecule is COC(=O)C(NC(=O)[C@@H](C)c1ccccc1)c1ccc(OCC2(OC)CCCC2)cc1. The van der Waals surface area contributed by atoms with E-state index in [9.17, 15) is 9.59 Å². The number of esters is 1. The summed E-state index contributed by atoms with van der Waals surface area (Å²) in [5, 5.41) is 2.82. The van der Waals surface area contributed by atoms with Gasteiger partial charge in [-0.2, -0.15) is 0 Å². The van der Waals surface area contributed by atoms with Crippen molar-refractivity contribution in [2.75, 3.05) is 20.8 Å². The molecule has 6 nitrogen and oxygen atoms in total. The van der Waals surface area contributed by atoms with E-state index in [1.807, 2.05) is 37.3 Å². The molecule has 1 aliphatic rings. The molecular weight excluding hydrogens is 394 g/mol. The Labute approximate surface area is 183 Å². The second-order valence-corrected chi connectivity index (χ2v) is 8.05. The van der Waals surface area contributed by atoms with Gasteiger partial charge in [-0.1, -0.05) is 55.3 Å². The van der Waals surface area contributed by atoms with E-state index in [1.165, 1.54) is 7.11 Å². The van der Waals surface area contributed by atoms with E-state index in [4.69, 9.17) is 14.2 Å². The molecule has 0 aliphatic heterocycles. The van der Waals surface area contributed by atoms with Crippen LogP contribution in [0.1, 0.15) is 55.7 Å². The molecule has 1 aliphatic carbocycles. The Bertz CT molecular complexity index is 859. The molecule has 166 valence electrons. The molecule has 6 heteroatoms. The highest BCUT2D eigenvalue weighted by atomic mass is 16.5. The molecule has 3 rings (SSSR count). The summed E-state index contributed by atoms with van der Waals surface area (Å²) in [4.78, 5) is 25.2. The molecule has 0 heterocycles. The van der Waals surface area contributed by atoms with Crippen molar-refractivity contribution in [1.82, 2.24) is 5.32 Å². The molecule has 2 aromatic rings. The van der Waals surface area contributed by atoms with Crippen LogP contribution in [0.4, 0.5) is 0 Å². The second kappa shape index (κ2) is 10.4. The first-order valence-electron chi connectivity index (χ1n) is 10.7. The lowest BCUT2D eigenvalue weighted by atomic mass is 9.99. The molecule has 1 fully saturated rings. The number of carbonyl (C=O) groups is 2. The first-order valence-corrected chi connectivity index (χ1v) is 10.7. The van der Waals surface area contributed by atoms with Crippen LogP contribution in [0.15, 0.2) is 54.6 Å². The fourth-order valence-electron chi connectivity index (χ4n) is 3.95. The minimum absolute atomic E-state index is 0.214. The Morgan fingerprint density at radius 3 is 2.19 bits per heavy atom. The van der Waals surface area contributed by atoms with Crippen LogP contribution in [0.3, 0.4) is 0 Å². The minimum atomic E-state index is -0.891. The van der Waals surface area contributed by atoms with Gasteiger partial charge in [0.15, 0.2) is 6.04 Å². The van der Waals surface area contributed by atoms with E-state index >= 15 is 0 Å². The third-order valence-corrected chi connectivity index (χ3v) is 6.08. The summed E-state index contributed by atoms with van der Waals surface area (Å²) in [7, 11) is 3.04. The van der Waals surface area contributed by atoms with Gasteiger partial charge < -0.3 is 19.5 Å².